The van der Waals surface area contributed by atoms with Gasteiger partial charge in [-0.2, -0.15) is 0 Å². The van der Waals surface area contributed by atoms with Crippen LogP contribution in [0.3, 0.4) is 0 Å². The predicted molar refractivity (Wildman–Crippen MR) is 106 cm³/mol. The minimum atomic E-state index is -4.13. The number of methoxy groups -OCH3 is 1. The Labute approximate surface area is 171 Å². The number of aromatic nitrogens is 1. The molecular formula is C20H17F2N3O4S. The largest absolute Gasteiger partial charge is 0.495 e. The molecule has 0 unspecified atom stereocenters. The molecule has 0 bridgehead atoms. The Balaban J connectivity index is 1.81. The molecule has 0 radical (unpaired) electrons. The van der Waals surface area contributed by atoms with Gasteiger partial charge in [0.05, 0.1) is 30.8 Å². The van der Waals surface area contributed by atoms with E-state index in [2.05, 4.69) is 15.0 Å². The molecule has 30 heavy (non-hydrogen) atoms. The van der Waals surface area contributed by atoms with E-state index in [4.69, 9.17) is 4.74 Å². The van der Waals surface area contributed by atoms with Crippen LogP contribution in [0, 0.1) is 11.6 Å². The number of sulfonamides is 1. The highest BCUT2D eigenvalue weighted by Gasteiger charge is 2.22. The Morgan fingerprint density at radius 3 is 2.57 bits per heavy atom. The third kappa shape index (κ3) is 4.90. The number of pyridine rings is 1. The fourth-order valence-corrected chi connectivity index (χ4v) is 3.85. The average Bonchev–Trinajstić information content (AvgIpc) is 2.74. The number of ether oxygens (including phenoxy) is 1. The second-order valence-corrected chi connectivity index (χ2v) is 7.80. The van der Waals surface area contributed by atoms with E-state index in [1.54, 1.807) is 0 Å². The van der Waals surface area contributed by atoms with Crippen molar-refractivity contribution in [2.24, 2.45) is 0 Å². The minimum Gasteiger partial charge on any atom is -0.495 e. The molecule has 0 fully saturated rings. The third-order valence-corrected chi connectivity index (χ3v) is 5.50. The molecule has 0 aliphatic heterocycles. The molecule has 0 aliphatic rings. The van der Waals surface area contributed by atoms with Crippen LogP contribution in [0.25, 0.3) is 0 Å². The van der Waals surface area contributed by atoms with Gasteiger partial charge in [-0.25, -0.2) is 17.2 Å². The topological polar surface area (TPSA) is 97.4 Å². The van der Waals surface area contributed by atoms with E-state index in [-0.39, 0.29) is 22.7 Å². The smallest absolute Gasteiger partial charge is 0.262 e. The number of amides is 1. The summed E-state index contributed by atoms with van der Waals surface area (Å²) in [5.41, 5.74) is 0.373. The minimum absolute atomic E-state index is 0.108. The highest BCUT2D eigenvalue weighted by molar-refractivity contribution is 7.92. The lowest BCUT2D eigenvalue weighted by Gasteiger charge is -2.13. The molecule has 3 rings (SSSR count). The number of hydrogen-bond donors (Lipinski definition) is 2. The second-order valence-electron chi connectivity index (χ2n) is 6.15. The monoisotopic (exact) mass is 433 g/mol. The number of halogens is 2. The van der Waals surface area contributed by atoms with Crippen LogP contribution < -0.4 is 14.8 Å². The lowest BCUT2D eigenvalue weighted by Crippen LogP contribution is -2.26. The summed E-state index contributed by atoms with van der Waals surface area (Å²) in [6.45, 7) is -0.113. The Hall–Kier alpha value is -3.53. The van der Waals surface area contributed by atoms with Gasteiger partial charge >= 0.3 is 0 Å². The van der Waals surface area contributed by atoms with E-state index in [0.29, 0.717) is 11.3 Å². The molecule has 2 aromatic carbocycles. The Morgan fingerprint density at radius 2 is 1.83 bits per heavy atom. The molecule has 10 heteroatoms. The second kappa shape index (κ2) is 8.87. The van der Waals surface area contributed by atoms with Crippen LogP contribution in [0.2, 0.25) is 0 Å². The van der Waals surface area contributed by atoms with Gasteiger partial charge in [0.1, 0.15) is 10.6 Å². The van der Waals surface area contributed by atoms with Crippen molar-refractivity contribution in [2.75, 3.05) is 11.8 Å². The number of rotatable bonds is 7. The zero-order chi connectivity index (χ0) is 21.7. The summed E-state index contributed by atoms with van der Waals surface area (Å²) in [4.78, 5) is 16.2. The molecule has 0 saturated carbocycles. The summed E-state index contributed by atoms with van der Waals surface area (Å²) in [7, 11) is -2.71. The molecule has 0 atom stereocenters. The van der Waals surface area contributed by atoms with Crippen LogP contribution in [0.4, 0.5) is 14.5 Å². The van der Waals surface area contributed by atoms with Crippen molar-refractivity contribution in [3.05, 3.63) is 83.7 Å². The molecule has 1 heterocycles. The van der Waals surface area contributed by atoms with Gasteiger partial charge in [0.2, 0.25) is 0 Å². The van der Waals surface area contributed by atoms with Gasteiger partial charge in [-0.05, 0) is 29.8 Å². The summed E-state index contributed by atoms with van der Waals surface area (Å²) in [6, 6.07) is 10.3. The maximum atomic E-state index is 13.3. The number of nitrogens with one attached hydrogen (secondary N) is 2. The fourth-order valence-electron chi connectivity index (χ4n) is 2.61. The van der Waals surface area contributed by atoms with E-state index in [0.717, 1.165) is 12.1 Å². The van der Waals surface area contributed by atoms with Crippen molar-refractivity contribution in [2.45, 2.75) is 11.4 Å². The van der Waals surface area contributed by atoms with Gasteiger partial charge in [0, 0.05) is 12.6 Å². The van der Waals surface area contributed by atoms with Crippen molar-refractivity contribution in [1.82, 2.24) is 10.3 Å². The number of carbonyl (C=O) groups is 1. The number of anilines is 1. The van der Waals surface area contributed by atoms with Crippen molar-refractivity contribution < 1.29 is 26.7 Å². The summed E-state index contributed by atoms with van der Waals surface area (Å²) in [6.07, 6.45) is 2.71. The zero-order valence-corrected chi connectivity index (χ0v) is 16.5. The highest BCUT2D eigenvalue weighted by atomic mass is 32.2. The van der Waals surface area contributed by atoms with E-state index in [1.807, 2.05) is 0 Å². The van der Waals surface area contributed by atoms with E-state index < -0.39 is 27.6 Å². The number of benzene rings is 2. The van der Waals surface area contributed by atoms with Crippen LogP contribution in [0.15, 0.2) is 65.8 Å². The molecule has 0 spiro atoms. The van der Waals surface area contributed by atoms with Crippen LogP contribution in [-0.2, 0) is 16.6 Å². The Kier molecular flexibility index (Phi) is 6.26. The quantitative estimate of drug-likeness (QED) is 0.597. The van der Waals surface area contributed by atoms with Crippen LogP contribution in [-0.4, -0.2) is 26.4 Å². The zero-order valence-electron chi connectivity index (χ0n) is 15.7. The van der Waals surface area contributed by atoms with Crippen LogP contribution in [0.1, 0.15) is 15.9 Å². The lowest BCUT2D eigenvalue weighted by molar-refractivity contribution is 0.0947. The van der Waals surface area contributed by atoms with E-state index in [9.17, 15) is 22.0 Å². The number of nitrogens with zero attached hydrogens (tertiary/aromatic N) is 1. The van der Waals surface area contributed by atoms with Crippen molar-refractivity contribution in [3.8, 4) is 5.75 Å². The highest BCUT2D eigenvalue weighted by Crippen LogP contribution is 2.22. The average molecular weight is 433 g/mol. The van der Waals surface area contributed by atoms with Gasteiger partial charge in [0.25, 0.3) is 15.9 Å². The molecule has 0 saturated heterocycles. The van der Waals surface area contributed by atoms with Crippen LogP contribution in [0.5, 0.6) is 5.75 Å². The number of hydrogen-bond acceptors (Lipinski definition) is 5. The van der Waals surface area contributed by atoms with Gasteiger partial charge in [-0.3, -0.25) is 14.5 Å². The molecule has 2 N–H and O–H groups in total. The predicted octanol–water partition coefficient (Wildman–Crippen LogP) is 3.10. The first kappa shape index (κ1) is 21.2. The van der Waals surface area contributed by atoms with Gasteiger partial charge in [0.15, 0.2) is 11.6 Å². The SMILES string of the molecule is COc1cncc(NS(=O)(=O)c2ccccc2C(=O)NCc2ccc(F)c(F)c2)c1. The normalized spacial score (nSPS) is 11.0. The molecule has 3 aromatic rings. The standard InChI is InChI=1S/C20H17F2N3O4S/c1-29-15-9-14(11-23-12-15)25-30(27,28)19-5-3-2-4-16(19)20(26)24-10-13-6-7-17(21)18(22)8-13/h2-9,11-12,25H,10H2,1H3,(H,24,26). The fraction of sp³-hybridized carbons (Fsp3) is 0.100. The summed E-state index contributed by atoms with van der Waals surface area (Å²) in [5.74, 6) is -2.38. The van der Waals surface area contributed by atoms with Gasteiger partial charge in [-0.1, -0.05) is 18.2 Å². The Morgan fingerprint density at radius 1 is 1.07 bits per heavy atom. The molecule has 156 valence electrons. The number of carbonyl (C=O) groups excluding carboxylic acids is 1. The first-order valence-corrected chi connectivity index (χ1v) is 10.1. The van der Waals surface area contributed by atoms with Gasteiger partial charge in [-0.15, -0.1) is 0 Å². The Bertz CT molecular complexity index is 1190. The van der Waals surface area contributed by atoms with Crippen molar-refractivity contribution in [3.63, 3.8) is 0 Å². The molecular weight excluding hydrogens is 416 g/mol. The van der Waals surface area contributed by atoms with E-state index in [1.165, 1.54) is 55.9 Å². The molecule has 1 amide bonds. The maximum absolute atomic E-state index is 13.3. The molecule has 0 aliphatic carbocycles. The van der Waals surface area contributed by atoms with Crippen molar-refractivity contribution >= 4 is 21.6 Å². The third-order valence-electron chi connectivity index (χ3n) is 4.06. The maximum Gasteiger partial charge on any atom is 0.262 e. The van der Waals surface area contributed by atoms with Crippen LogP contribution >= 0.6 is 0 Å². The van der Waals surface area contributed by atoms with E-state index >= 15 is 0 Å². The lowest BCUT2D eigenvalue weighted by atomic mass is 10.2. The first-order chi connectivity index (χ1) is 14.3. The summed E-state index contributed by atoms with van der Waals surface area (Å²) >= 11 is 0. The molecule has 1 aromatic heterocycles. The van der Waals surface area contributed by atoms with Crippen molar-refractivity contribution in [1.29, 1.82) is 0 Å². The first-order valence-electron chi connectivity index (χ1n) is 8.63. The van der Waals surface area contributed by atoms with Gasteiger partial charge < -0.3 is 10.1 Å². The summed E-state index contributed by atoms with van der Waals surface area (Å²) < 4.78 is 59.4. The summed E-state index contributed by atoms with van der Waals surface area (Å²) in [5, 5.41) is 2.50. The molecule has 7 nitrogen and oxygen atoms in total.